The highest BCUT2D eigenvalue weighted by molar-refractivity contribution is 5.64. The van der Waals surface area contributed by atoms with Gasteiger partial charge in [-0.2, -0.15) is 5.10 Å². The first-order valence-corrected chi connectivity index (χ1v) is 5.28. The molecule has 0 spiro atoms. The normalized spacial score (nSPS) is 10.7. The average Bonchev–Trinajstić information content (AvgIpc) is 2.80. The zero-order chi connectivity index (χ0) is 14.0. The van der Waals surface area contributed by atoms with E-state index in [0.29, 0.717) is 0 Å². The van der Waals surface area contributed by atoms with Crippen LogP contribution in [-0.2, 0) is 6.54 Å². The molecule has 0 aliphatic heterocycles. The van der Waals surface area contributed by atoms with Crippen LogP contribution in [0.4, 0.5) is 17.6 Å². The summed E-state index contributed by atoms with van der Waals surface area (Å²) in [5.74, 6) is -0.245. The van der Waals surface area contributed by atoms with Gasteiger partial charge in [0.15, 0.2) is 11.6 Å². The van der Waals surface area contributed by atoms with E-state index in [9.17, 15) is 17.6 Å². The summed E-state index contributed by atoms with van der Waals surface area (Å²) in [5, 5.41) is 3.65. The third-order valence-electron chi connectivity index (χ3n) is 2.51. The van der Waals surface area contributed by atoms with Crippen molar-refractivity contribution < 1.29 is 17.6 Å². The van der Waals surface area contributed by atoms with Gasteiger partial charge in [0.1, 0.15) is 6.54 Å². The molecule has 0 radical (unpaired) electrons. The molecule has 0 amide bonds. The Balaban J connectivity index is 2.40. The monoisotopic (exact) mass is 268 g/mol. The summed E-state index contributed by atoms with van der Waals surface area (Å²) in [5.41, 5.74) is -0.0566. The maximum Gasteiger partial charge on any atom is 0.257 e. The molecule has 1 heterocycles. The standard InChI is InChI=1S/C13H8F4N2/c1-2-8-3-4-10(13(17)12(8)16)9-5-18-19(6-9)7-11(14)15/h1,3-6,11H,7H2. The van der Waals surface area contributed by atoms with Gasteiger partial charge in [0, 0.05) is 17.3 Å². The molecule has 0 unspecified atom stereocenters. The molecule has 2 aromatic rings. The van der Waals surface area contributed by atoms with Crippen molar-refractivity contribution in [3.8, 4) is 23.5 Å². The minimum Gasteiger partial charge on any atom is -0.266 e. The largest absolute Gasteiger partial charge is 0.266 e. The van der Waals surface area contributed by atoms with Crippen molar-refractivity contribution in [3.63, 3.8) is 0 Å². The molecule has 2 rings (SSSR count). The van der Waals surface area contributed by atoms with Crippen LogP contribution in [0.15, 0.2) is 24.5 Å². The predicted molar refractivity (Wildman–Crippen MR) is 61.5 cm³/mol. The van der Waals surface area contributed by atoms with Crippen LogP contribution >= 0.6 is 0 Å². The van der Waals surface area contributed by atoms with Crippen molar-refractivity contribution in [2.24, 2.45) is 0 Å². The number of hydrogen-bond donors (Lipinski definition) is 0. The van der Waals surface area contributed by atoms with E-state index in [0.717, 1.165) is 4.68 Å². The first-order valence-electron chi connectivity index (χ1n) is 5.28. The van der Waals surface area contributed by atoms with Crippen LogP contribution < -0.4 is 0 Å². The summed E-state index contributed by atoms with van der Waals surface area (Å²) in [4.78, 5) is 0. The molecular weight excluding hydrogens is 260 g/mol. The molecular formula is C13H8F4N2. The lowest BCUT2D eigenvalue weighted by atomic mass is 10.1. The summed E-state index contributed by atoms with van der Waals surface area (Å²) < 4.78 is 52.5. The molecule has 0 aliphatic rings. The smallest absolute Gasteiger partial charge is 0.257 e. The van der Waals surface area contributed by atoms with Crippen LogP contribution in [0, 0.1) is 24.0 Å². The maximum atomic E-state index is 13.8. The van der Waals surface area contributed by atoms with Gasteiger partial charge < -0.3 is 0 Å². The van der Waals surface area contributed by atoms with Gasteiger partial charge in [-0.15, -0.1) is 6.42 Å². The van der Waals surface area contributed by atoms with E-state index in [1.165, 1.54) is 24.5 Å². The third kappa shape index (κ3) is 2.60. The summed E-state index contributed by atoms with van der Waals surface area (Å²) >= 11 is 0. The molecule has 0 aliphatic carbocycles. The molecule has 0 saturated carbocycles. The number of alkyl halides is 2. The van der Waals surface area contributed by atoms with Crippen LogP contribution in [0.3, 0.4) is 0 Å². The van der Waals surface area contributed by atoms with E-state index in [1.54, 1.807) is 0 Å². The van der Waals surface area contributed by atoms with Crippen molar-refractivity contribution in [1.82, 2.24) is 9.78 Å². The molecule has 6 heteroatoms. The molecule has 0 saturated heterocycles. The van der Waals surface area contributed by atoms with Crippen molar-refractivity contribution in [2.75, 3.05) is 0 Å². The second-order valence-corrected chi connectivity index (χ2v) is 3.78. The topological polar surface area (TPSA) is 17.8 Å². The summed E-state index contributed by atoms with van der Waals surface area (Å²) in [6, 6.07) is 2.54. The Bertz CT molecular complexity index is 641. The molecule has 98 valence electrons. The Hall–Kier alpha value is -2.29. The lowest BCUT2D eigenvalue weighted by molar-refractivity contribution is 0.122. The van der Waals surface area contributed by atoms with Crippen molar-refractivity contribution in [3.05, 3.63) is 41.7 Å². The highest BCUT2D eigenvalue weighted by Gasteiger charge is 2.15. The van der Waals surface area contributed by atoms with Gasteiger partial charge in [-0.1, -0.05) is 5.92 Å². The molecule has 0 fully saturated rings. The molecule has 1 aromatic heterocycles. The molecule has 1 aromatic carbocycles. The number of terminal acetylenes is 1. The van der Waals surface area contributed by atoms with Crippen LogP contribution in [0.1, 0.15) is 5.56 Å². The van der Waals surface area contributed by atoms with Gasteiger partial charge in [0.25, 0.3) is 6.43 Å². The van der Waals surface area contributed by atoms with E-state index >= 15 is 0 Å². The Labute approximate surface area is 106 Å². The predicted octanol–water partition coefficient (Wildman–Crippen LogP) is 3.07. The highest BCUT2D eigenvalue weighted by Crippen LogP contribution is 2.25. The number of rotatable bonds is 3. The van der Waals surface area contributed by atoms with E-state index in [2.05, 4.69) is 5.10 Å². The molecule has 0 bridgehead atoms. The van der Waals surface area contributed by atoms with Crippen LogP contribution in [0.25, 0.3) is 11.1 Å². The fraction of sp³-hybridized carbons (Fsp3) is 0.154. The van der Waals surface area contributed by atoms with Crippen LogP contribution in [0.5, 0.6) is 0 Å². The number of hydrogen-bond acceptors (Lipinski definition) is 1. The summed E-state index contributed by atoms with van der Waals surface area (Å²) in [6.45, 7) is -0.605. The van der Waals surface area contributed by atoms with Crippen LogP contribution in [-0.4, -0.2) is 16.2 Å². The fourth-order valence-electron chi connectivity index (χ4n) is 1.63. The van der Waals surface area contributed by atoms with Gasteiger partial charge in [0.05, 0.1) is 11.8 Å². The van der Waals surface area contributed by atoms with E-state index in [4.69, 9.17) is 6.42 Å². The minimum atomic E-state index is -2.57. The van der Waals surface area contributed by atoms with Crippen LogP contribution in [0.2, 0.25) is 0 Å². The quantitative estimate of drug-likeness (QED) is 0.618. The maximum absolute atomic E-state index is 13.8. The zero-order valence-electron chi connectivity index (χ0n) is 9.58. The lowest BCUT2D eigenvalue weighted by Gasteiger charge is -2.03. The minimum absolute atomic E-state index is 0.0722. The van der Waals surface area contributed by atoms with Gasteiger partial charge in [-0.25, -0.2) is 17.6 Å². The number of halogens is 4. The third-order valence-corrected chi connectivity index (χ3v) is 2.51. The first kappa shape index (κ1) is 13.1. The Morgan fingerprint density at radius 2 is 2.00 bits per heavy atom. The average molecular weight is 268 g/mol. The lowest BCUT2D eigenvalue weighted by Crippen LogP contribution is -2.06. The van der Waals surface area contributed by atoms with Crippen molar-refractivity contribution in [2.45, 2.75) is 13.0 Å². The Morgan fingerprint density at radius 1 is 1.26 bits per heavy atom. The summed E-state index contributed by atoms with van der Waals surface area (Å²) in [7, 11) is 0. The van der Waals surface area contributed by atoms with Gasteiger partial charge in [0.2, 0.25) is 0 Å². The summed E-state index contributed by atoms with van der Waals surface area (Å²) in [6.07, 6.45) is 4.85. The fourth-order valence-corrected chi connectivity index (χ4v) is 1.63. The van der Waals surface area contributed by atoms with Crippen molar-refractivity contribution in [1.29, 1.82) is 0 Å². The Kier molecular flexibility index (Phi) is 3.56. The highest BCUT2D eigenvalue weighted by atomic mass is 19.3. The number of nitrogens with zero attached hydrogens (tertiary/aromatic N) is 2. The Morgan fingerprint density at radius 3 is 2.63 bits per heavy atom. The van der Waals surface area contributed by atoms with E-state index in [1.807, 2.05) is 5.92 Å². The SMILES string of the molecule is C#Cc1ccc(-c2cnn(CC(F)F)c2)c(F)c1F. The molecule has 19 heavy (non-hydrogen) atoms. The van der Waals surface area contributed by atoms with E-state index < -0.39 is 24.6 Å². The second-order valence-electron chi connectivity index (χ2n) is 3.78. The second kappa shape index (κ2) is 5.14. The molecule has 2 nitrogen and oxygen atoms in total. The number of aromatic nitrogens is 2. The number of benzene rings is 1. The van der Waals surface area contributed by atoms with Crippen molar-refractivity contribution >= 4 is 0 Å². The van der Waals surface area contributed by atoms with Gasteiger partial charge in [-0.3, -0.25) is 4.68 Å². The van der Waals surface area contributed by atoms with Gasteiger partial charge in [-0.05, 0) is 12.1 Å². The molecule has 0 atom stereocenters. The van der Waals surface area contributed by atoms with Gasteiger partial charge >= 0.3 is 0 Å². The first-order chi connectivity index (χ1) is 9.02. The zero-order valence-corrected chi connectivity index (χ0v) is 9.58. The molecule has 0 N–H and O–H groups in total. The van der Waals surface area contributed by atoms with E-state index in [-0.39, 0.29) is 16.7 Å².